The third-order valence-corrected chi connectivity index (χ3v) is 7.97. The van der Waals surface area contributed by atoms with E-state index in [4.69, 9.17) is 0 Å². The van der Waals surface area contributed by atoms with Crippen LogP contribution in [0.1, 0.15) is 22.3 Å². The molecule has 0 saturated heterocycles. The van der Waals surface area contributed by atoms with E-state index in [1.807, 2.05) is 91.0 Å². The topological polar surface area (TPSA) is 76.3 Å². The predicted molar refractivity (Wildman–Crippen MR) is 166 cm³/mol. The first-order valence-corrected chi connectivity index (χ1v) is 14.0. The summed E-state index contributed by atoms with van der Waals surface area (Å²) in [6.45, 7) is 0. The van der Waals surface area contributed by atoms with Crippen LogP contribution in [0.2, 0.25) is 0 Å². The Kier molecular flexibility index (Phi) is 7.49. The van der Waals surface area contributed by atoms with Crippen molar-refractivity contribution in [2.24, 2.45) is 7.05 Å². The molecule has 1 aromatic heterocycles. The Labute approximate surface area is 248 Å². The molecule has 43 heavy (non-hydrogen) atoms. The van der Waals surface area contributed by atoms with Crippen LogP contribution in [0.25, 0.3) is 16.7 Å². The molecule has 1 unspecified atom stereocenters. The lowest BCUT2D eigenvalue weighted by atomic mass is 9.76. The molecule has 6 nitrogen and oxygen atoms in total. The lowest BCUT2D eigenvalue weighted by Gasteiger charge is -2.39. The Morgan fingerprint density at radius 1 is 0.767 bits per heavy atom. The first-order chi connectivity index (χ1) is 20.9. The number of carbonyl (C=O) groups is 1. The van der Waals surface area contributed by atoms with Gasteiger partial charge in [-0.2, -0.15) is 0 Å². The number of hydrogen-bond acceptors (Lipinski definition) is 3. The number of nitrogens with zero attached hydrogens (tertiary/aromatic N) is 2. The molecule has 0 aliphatic rings. The molecule has 2 N–H and O–H groups in total. The summed E-state index contributed by atoms with van der Waals surface area (Å²) in [6.07, 6.45) is 0.169. The molecule has 0 aliphatic heterocycles. The molecule has 0 radical (unpaired) electrons. The normalized spacial score (nSPS) is 12.3. The van der Waals surface area contributed by atoms with Crippen molar-refractivity contribution in [2.75, 3.05) is 0 Å². The number of hydrogen-bond donors (Lipinski definition) is 2. The smallest absolute Gasteiger partial charge is 0.333 e. The van der Waals surface area contributed by atoms with Crippen molar-refractivity contribution >= 4 is 17.0 Å². The average Bonchev–Trinajstić information content (AvgIpc) is 3.31. The largest absolute Gasteiger partial charge is 0.480 e. The molecule has 1 heterocycles. The maximum absolute atomic E-state index is 14.8. The number of aliphatic carboxylic acids is 1. The highest BCUT2D eigenvalue weighted by atomic mass is 19.1. The molecule has 1 atom stereocenters. The zero-order valence-electron chi connectivity index (χ0n) is 23.5. The van der Waals surface area contributed by atoms with Crippen LogP contribution in [0.4, 0.5) is 4.39 Å². The van der Waals surface area contributed by atoms with Gasteiger partial charge in [-0.15, -0.1) is 0 Å². The second-order valence-electron chi connectivity index (χ2n) is 10.5. The minimum absolute atomic E-state index is 0.169. The zero-order chi connectivity index (χ0) is 30.0. The molecule has 7 heteroatoms. The Hall–Kier alpha value is -5.27. The number of benzene rings is 5. The number of carboxylic acid groups (broad SMARTS) is 1. The van der Waals surface area contributed by atoms with Gasteiger partial charge in [0.05, 0.1) is 16.7 Å². The van der Waals surface area contributed by atoms with Crippen LogP contribution in [0.5, 0.6) is 0 Å². The van der Waals surface area contributed by atoms with E-state index in [0.717, 1.165) is 22.3 Å². The van der Waals surface area contributed by atoms with Crippen LogP contribution < -0.4 is 11.0 Å². The minimum Gasteiger partial charge on any atom is -0.480 e. The van der Waals surface area contributed by atoms with Gasteiger partial charge >= 0.3 is 11.7 Å². The maximum atomic E-state index is 14.8. The van der Waals surface area contributed by atoms with Crippen LogP contribution in [-0.4, -0.2) is 26.3 Å². The van der Waals surface area contributed by atoms with Crippen LogP contribution in [0.15, 0.2) is 138 Å². The summed E-state index contributed by atoms with van der Waals surface area (Å²) in [7, 11) is 1.61. The fourth-order valence-corrected chi connectivity index (χ4v) is 5.88. The van der Waals surface area contributed by atoms with Crippen LogP contribution in [-0.2, 0) is 23.8 Å². The standard InChI is InChI=1S/C36H30FN3O3/c1-39-32-19-11-18-30(37)33(32)40(35(39)43)29-22-20-25(21-23-29)24-31(34(41)42)38-36(26-12-5-2-6-13-26,27-14-7-3-8-15-27)28-16-9-4-10-17-28/h2-23,31,38H,24H2,1H3,(H,41,42). The van der Waals surface area contributed by atoms with Gasteiger partial charge in [0.15, 0.2) is 0 Å². The summed E-state index contributed by atoms with van der Waals surface area (Å²) in [5.74, 6) is -1.49. The summed E-state index contributed by atoms with van der Waals surface area (Å²) in [6, 6.07) is 40.2. The summed E-state index contributed by atoms with van der Waals surface area (Å²) in [5, 5.41) is 14.1. The van der Waals surface area contributed by atoms with E-state index in [2.05, 4.69) is 5.32 Å². The summed E-state index contributed by atoms with van der Waals surface area (Å²) in [4.78, 5) is 25.9. The molecule has 0 amide bonds. The van der Waals surface area contributed by atoms with Crippen molar-refractivity contribution in [3.63, 3.8) is 0 Å². The van der Waals surface area contributed by atoms with Gasteiger partial charge in [0.1, 0.15) is 17.4 Å². The highest BCUT2D eigenvalue weighted by molar-refractivity contribution is 5.79. The third-order valence-electron chi connectivity index (χ3n) is 7.97. The second kappa shape index (κ2) is 11.5. The molecule has 6 aromatic rings. The summed E-state index contributed by atoms with van der Waals surface area (Å²) in [5.41, 5.74) is 3.34. The van der Waals surface area contributed by atoms with Gasteiger partial charge in [-0.05, 0) is 52.9 Å². The molecule has 0 aliphatic carbocycles. The summed E-state index contributed by atoms with van der Waals surface area (Å²) >= 11 is 0. The number of aromatic nitrogens is 2. The molecule has 5 aromatic carbocycles. The van der Waals surface area contributed by atoms with E-state index in [1.54, 1.807) is 43.4 Å². The minimum atomic E-state index is -0.997. The first kappa shape index (κ1) is 27.9. The van der Waals surface area contributed by atoms with Gasteiger partial charge < -0.3 is 5.11 Å². The van der Waals surface area contributed by atoms with Crippen LogP contribution in [0.3, 0.4) is 0 Å². The number of nitrogens with one attached hydrogen (secondary N) is 1. The fourth-order valence-electron chi connectivity index (χ4n) is 5.88. The lowest BCUT2D eigenvalue weighted by Crippen LogP contribution is -2.53. The lowest BCUT2D eigenvalue weighted by molar-refractivity contribution is -0.139. The predicted octanol–water partition coefficient (Wildman–Crippen LogP) is 6.05. The second-order valence-corrected chi connectivity index (χ2v) is 10.5. The Morgan fingerprint density at radius 2 is 1.28 bits per heavy atom. The van der Waals surface area contributed by atoms with Crippen LogP contribution in [0, 0.1) is 5.82 Å². The molecule has 0 saturated carbocycles. The third kappa shape index (κ3) is 5.04. The van der Waals surface area contributed by atoms with E-state index in [-0.39, 0.29) is 17.6 Å². The van der Waals surface area contributed by atoms with E-state index >= 15 is 0 Å². The van der Waals surface area contributed by atoms with E-state index in [0.29, 0.717) is 11.2 Å². The monoisotopic (exact) mass is 571 g/mol. The molecule has 0 fully saturated rings. The maximum Gasteiger partial charge on any atom is 0.333 e. The molecular formula is C36H30FN3O3. The van der Waals surface area contributed by atoms with Crippen molar-refractivity contribution in [3.8, 4) is 5.69 Å². The Morgan fingerprint density at radius 3 is 1.77 bits per heavy atom. The van der Waals surface area contributed by atoms with E-state index in [9.17, 15) is 19.1 Å². The van der Waals surface area contributed by atoms with Gasteiger partial charge in [0.2, 0.25) is 0 Å². The SMILES string of the molecule is Cn1c(=O)n(-c2ccc(CC(NC(c3ccccc3)(c3ccccc3)c3ccccc3)C(=O)O)cc2)c2c(F)cccc21. The van der Waals surface area contributed by atoms with Gasteiger partial charge in [-0.3, -0.25) is 19.2 Å². The summed E-state index contributed by atoms with van der Waals surface area (Å²) < 4.78 is 17.5. The van der Waals surface area contributed by atoms with Crippen molar-refractivity contribution < 1.29 is 14.3 Å². The first-order valence-electron chi connectivity index (χ1n) is 14.0. The highest BCUT2D eigenvalue weighted by Crippen LogP contribution is 2.37. The van der Waals surface area contributed by atoms with Gasteiger partial charge in [-0.1, -0.05) is 109 Å². The van der Waals surface area contributed by atoms with Crippen molar-refractivity contribution in [3.05, 3.63) is 172 Å². The number of aryl methyl sites for hydroxylation is 1. The fraction of sp³-hybridized carbons (Fsp3) is 0.111. The van der Waals surface area contributed by atoms with E-state index in [1.165, 1.54) is 15.2 Å². The molecule has 6 rings (SSSR count). The molecule has 0 spiro atoms. The Balaban J connectivity index is 1.40. The van der Waals surface area contributed by atoms with Gasteiger partial charge in [0.25, 0.3) is 0 Å². The van der Waals surface area contributed by atoms with Gasteiger partial charge in [-0.25, -0.2) is 9.18 Å². The average molecular weight is 572 g/mol. The van der Waals surface area contributed by atoms with Gasteiger partial charge in [0, 0.05) is 7.05 Å². The molecular weight excluding hydrogens is 541 g/mol. The number of rotatable bonds is 9. The quantitative estimate of drug-likeness (QED) is 0.207. The van der Waals surface area contributed by atoms with Crippen molar-refractivity contribution in [1.82, 2.24) is 14.5 Å². The molecule has 0 bridgehead atoms. The number of fused-ring (bicyclic) bond motifs is 1. The highest BCUT2D eigenvalue weighted by Gasteiger charge is 2.39. The number of imidazole rings is 1. The number of para-hydroxylation sites is 1. The Bertz CT molecular complexity index is 1840. The zero-order valence-corrected chi connectivity index (χ0v) is 23.5. The number of carboxylic acids is 1. The molecule has 214 valence electrons. The van der Waals surface area contributed by atoms with Crippen molar-refractivity contribution in [1.29, 1.82) is 0 Å². The van der Waals surface area contributed by atoms with Crippen molar-refractivity contribution in [2.45, 2.75) is 18.0 Å². The van der Waals surface area contributed by atoms with E-state index < -0.39 is 23.4 Å². The van der Waals surface area contributed by atoms with Crippen LogP contribution >= 0.6 is 0 Å². The number of halogens is 1.